The van der Waals surface area contributed by atoms with E-state index in [1.54, 1.807) is 12.1 Å². The summed E-state index contributed by atoms with van der Waals surface area (Å²) in [6.07, 6.45) is 0. The first kappa shape index (κ1) is 11.8. The molecular weight excluding hydrogens is 221 g/mol. The normalized spacial score (nSPS) is 15.2. The van der Waals surface area contributed by atoms with Gasteiger partial charge < -0.3 is 10.8 Å². The van der Waals surface area contributed by atoms with Crippen molar-refractivity contribution in [3.05, 3.63) is 33.8 Å². The lowest BCUT2D eigenvalue weighted by atomic mass is 9.96. The second-order valence-electron chi connectivity index (χ2n) is 3.36. The Morgan fingerprint density at radius 2 is 2.00 bits per heavy atom. The topological polar surface area (TPSA) is 46.2 Å². The molecule has 0 aliphatic rings. The Hall–Kier alpha value is -0.280. The summed E-state index contributed by atoms with van der Waals surface area (Å²) in [4.78, 5) is 0. The predicted molar refractivity (Wildman–Crippen MR) is 59.6 cm³/mol. The zero-order valence-electron chi connectivity index (χ0n) is 7.87. The van der Waals surface area contributed by atoms with E-state index in [2.05, 4.69) is 0 Å². The number of hydrogen-bond acceptors (Lipinski definition) is 2. The van der Waals surface area contributed by atoms with Gasteiger partial charge in [-0.25, -0.2) is 0 Å². The summed E-state index contributed by atoms with van der Waals surface area (Å²) in [5.74, 6) is 0.00671. The number of aliphatic hydroxyl groups excluding tert-OH is 1. The summed E-state index contributed by atoms with van der Waals surface area (Å²) in [6.45, 7) is 1.94. The van der Waals surface area contributed by atoms with Crippen molar-refractivity contribution in [3.8, 4) is 0 Å². The van der Waals surface area contributed by atoms with E-state index in [-0.39, 0.29) is 18.6 Å². The quantitative estimate of drug-likeness (QED) is 0.844. The minimum Gasteiger partial charge on any atom is -0.396 e. The van der Waals surface area contributed by atoms with Crippen molar-refractivity contribution in [1.82, 2.24) is 0 Å². The average Bonchev–Trinajstić information content (AvgIpc) is 2.20. The average molecular weight is 234 g/mol. The fraction of sp³-hybridized carbons (Fsp3) is 0.400. The van der Waals surface area contributed by atoms with Gasteiger partial charge in [0, 0.05) is 12.6 Å². The third kappa shape index (κ3) is 2.61. The Kier molecular flexibility index (Phi) is 4.20. The zero-order chi connectivity index (χ0) is 10.7. The highest BCUT2D eigenvalue weighted by Gasteiger charge is 2.14. The van der Waals surface area contributed by atoms with Crippen molar-refractivity contribution in [2.24, 2.45) is 11.7 Å². The molecule has 3 N–H and O–H groups in total. The highest BCUT2D eigenvalue weighted by Crippen LogP contribution is 2.27. The van der Waals surface area contributed by atoms with Crippen molar-refractivity contribution in [2.45, 2.75) is 13.0 Å². The van der Waals surface area contributed by atoms with E-state index in [9.17, 15) is 0 Å². The second-order valence-corrected chi connectivity index (χ2v) is 4.17. The number of halogens is 2. The Labute approximate surface area is 93.6 Å². The number of nitrogens with two attached hydrogens (primary N) is 1. The Morgan fingerprint density at radius 1 is 1.36 bits per heavy atom. The molecule has 0 fully saturated rings. The molecule has 0 saturated heterocycles. The molecule has 0 bridgehead atoms. The van der Waals surface area contributed by atoms with Gasteiger partial charge >= 0.3 is 0 Å². The highest BCUT2D eigenvalue weighted by molar-refractivity contribution is 6.42. The maximum absolute atomic E-state index is 8.95. The summed E-state index contributed by atoms with van der Waals surface area (Å²) >= 11 is 11.6. The van der Waals surface area contributed by atoms with Crippen molar-refractivity contribution in [2.75, 3.05) is 6.61 Å². The highest BCUT2D eigenvalue weighted by atomic mass is 35.5. The van der Waals surface area contributed by atoms with Crippen LogP contribution in [0, 0.1) is 5.92 Å². The van der Waals surface area contributed by atoms with Crippen molar-refractivity contribution in [3.63, 3.8) is 0 Å². The summed E-state index contributed by atoms with van der Waals surface area (Å²) in [5, 5.41) is 9.96. The lowest BCUT2D eigenvalue weighted by molar-refractivity contribution is 0.217. The molecule has 2 unspecified atom stereocenters. The molecule has 0 radical (unpaired) electrons. The first-order chi connectivity index (χ1) is 6.56. The van der Waals surface area contributed by atoms with Crippen LogP contribution in [0.3, 0.4) is 0 Å². The number of benzene rings is 1. The summed E-state index contributed by atoms with van der Waals surface area (Å²) in [5.41, 5.74) is 6.80. The molecule has 2 nitrogen and oxygen atoms in total. The van der Waals surface area contributed by atoms with E-state index in [0.29, 0.717) is 10.0 Å². The SMILES string of the molecule is CC(CO)C(N)c1ccc(Cl)c(Cl)c1. The predicted octanol–water partition coefficient (Wildman–Crippen LogP) is 2.62. The van der Waals surface area contributed by atoms with E-state index in [1.165, 1.54) is 0 Å². The van der Waals surface area contributed by atoms with Gasteiger partial charge in [0.1, 0.15) is 0 Å². The first-order valence-electron chi connectivity index (χ1n) is 4.37. The van der Waals surface area contributed by atoms with Crippen LogP contribution in [0.15, 0.2) is 18.2 Å². The Morgan fingerprint density at radius 3 is 2.50 bits per heavy atom. The molecule has 78 valence electrons. The largest absolute Gasteiger partial charge is 0.396 e. The molecule has 0 aromatic heterocycles. The molecular formula is C10H13Cl2NO. The van der Waals surface area contributed by atoms with Crippen LogP contribution in [-0.2, 0) is 0 Å². The molecule has 14 heavy (non-hydrogen) atoms. The van der Waals surface area contributed by atoms with E-state index >= 15 is 0 Å². The van der Waals surface area contributed by atoms with Gasteiger partial charge in [-0.2, -0.15) is 0 Å². The first-order valence-corrected chi connectivity index (χ1v) is 5.13. The fourth-order valence-electron chi connectivity index (χ4n) is 1.16. The fourth-order valence-corrected chi connectivity index (χ4v) is 1.47. The number of hydrogen-bond donors (Lipinski definition) is 2. The van der Waals surface area contributed by atoms with Crippen LogP contribution >= 0.6 is 23.2 Å². The lowest BCUT2D eigenvalue weighted by Crippen LogP contribution is -2.21. The molecule has 0 saturated carbocycles. The molecule has 1 aromatic carbocycles. The van der Waals surface area contributed by atoms with Crippen LogP contribution in [0.1, 0.15) is 18.5 Å². The van der Waals surface area contributed by atoms with Crippen LogP contribution in [-0.4, -0.2) is 11.7 Å². The van der Waals surface area contributed by atoms with Crippen LogP contribution in [0.5, 0.6) is 0 Å². The van der Waals surface area contributed by atoms with Gasteiger partial charge in [-0.15, -0.1) is 0 Å². The monoisotopic (exact) mass is 233 g/mol. The zero-order valence-corrected chi connectivity index (χ0v) is 9.39. The number of aliphatic hydroxyl groups is 1. The molecule has 0 spiro atoms. The number of rotatable bonds is 3. The summed E-state index contributed by atoms with van der Waals surface area (Å²) in [6, 6.07) is 5.06. The standard InChI is InChI=1S/C10H13Cl2NO/c1-6(5-14)10(13)7-2-3-8(11)9(12)4-7/h2-4,6,10,14H,5,13H2,1H3. The molecule has 2 atom stereocenters. The lowest BCUT2D eigenvalue weighted by Gasteiger charge is -2.18. The molecule has 1 rings (SSSR count). The minimum atomic E-state index is -0.213. The van der Waals surface area contributed by atoms with Gasteiger partial charge in [-0.1, -0.05) is 36.2 Å². The van der Waals surface area contributed by atoms with E-state index < -0.39 is 0 Å². The summed E-state index contributed by atoms with van der Waals surface area (Å²) in [7, 11) is 0. The van der Waals surface area contributed by atoms with Gasteiger partial charge in [0.25, 0.3) is 0 Å². The molecule has 1 aromatic rings. The maximum Gasteiger partial charge on any atom is 0.0595 e. The van der Waals surface area contributed by atoms with E-state index in [0.717, 1.165) is 5.56 Å². The van der Waals surface area contributed by atoms with Crippen molar-refractivity contribution < 1.29 is 5.11 Å². The maximum atomic E-state index is 8.95. The molecule has 0 aliphatic heterocycles. The molecule has 0 heterocycles. The van der Waals surface area contributed by atoms with Crippen LogP contribution in [0.2, 0.25) is 10.0 Å². The molecule has 0 aliphatic carbocycles. The molecule has 4 heteroatoms. The third-order valence-electron chi connectivity index (χ3n) is 2.23. The molecule has 0 amide bonds. The Balaban J connectivity index is 2.91. The van der Waals surface area contributed by atoms with Crippen LogP contribution in [0.25, 0.3) is 0 Å². The third-order valence-corrected chi connectivity index (χ3v) is 2.97. The van der Waals surface area contributed by atoms with Gasteiger partial charge in [0.2, 0.25) is 0 Å². The van der Waals surface area contributed by atoms with E-state index in [1.807, 2.05) is 13.0 Å². The smallest absolute Gasteiger partial charge is 0.0595 e. The minimum absolute atomic E-state index is 0.00671. The van der Waals surface area contributed by atoms with Gasteiger partial charge in [-0.05, 0) is 23.6 Å². The second kappa shape index (κ2) is 4.99. The summed E-state index contributed by atoms with van der Waals surface area (Å²) < 4.78 is 0. The van der Waals surface area contributed by atoms with Gasteiger partial charge in [-0.3, -0.25) is 0 Å². The Bertz CT molecular complexity index is 317. The van der Waals surface area contributed by atoms with Crippen LogP contribution in [0.4, 0.5) is 0 Å². The van der Waals surface area contributed by atoms with Crippen molar-refractivity contribution >= 4 is 23.2 Å². The van der Waals surface area contributed by atoms with E-state index in [4.69, 9.17) is 34.0 Å². The van der Waals surface area contributed by atoms with Crippen LogP contribution < -0.4 is 5.73 Å². The van der Waals surface area contributed by atoms with Gasteiger partial charge in [0.15, 0.2) is 0 Å². The van der Waals surface area contributed by atoms with Crippen molar-refractivity contribution in [1.29, 1.82) is 0 Å². The van der Waals surface area contributed by atoms with Gasteiger partial charge in [0.05, 0.1) is 10.0 Å².